The zero-order valence-electron chi connectivity index (χ0n) is 12.7. The van der Waals surface area contributed by atoms with E-state index >= 15 is 0 Å². The molecule has 2 saturated carbocycles. The van der Waals surface area contributed by atoms with E-state index in [4.69, 9.17) is 5.73 Å². The summed E-state index contributed by atoms with van der Waals surface area (Å²) in [5.74, 6) is -1.60. The van der Waals surface area contributed by atoms with Gasteiger partial charge in [-0.25, -0.2) is 9.18 Å². The third-order valence-corrected chi connectivity index (χ3v) is 5.01. The molecule has 2 aromatic rings. The zero-order valence-corrected chi connectivity index (χ0v) is 12.7. The third-order valence-electron chi connectivity index (χ3n) is 5.01. The van der Waals surface area contributed by atoms with Gasteiger partial charge in [-0.05, 0) is 55.7 Å². The minimum Gasteiger partial charge on any atom is -0.477 e. The Hall–Kier alpha value is -2.21. The number of rotatable bonds is 3. The number of aryl methyl sites for hydroxylation is 1. The number of nitrogens with two attached hydrogens (primary N) is 1. The van der Waals surface area contributed by atoms with Crippen LogP contribution in [0.5, 0.6) is 0 Å². The van der Waals surface area contributed by atoms with Gasteiger partial charge in [-0.2, -0.15) is 0 Å². The van der Waals surface area contributed by atoms with Gasteiger partial charge in [0.2, 0.25) is 0 Å². The predicted molar refractivity (Wildman–Crippen MR) is 82.4 cm³/mol. The van der Waals surface area contributed by atoms with Crippen LogP contribution in [0.1, 0.15) is 58.6 Å². The lowest BCUT2D eigenvalue weighted by Gasteiger charge is -2.19. The number of pyridine rings is 2. The average molecular weight is 316 g/mol. The van der Waals surface area contributed by atoms with Gasteiger partial charge in [-0.15, -0.1) is 0 Å². The molecular weight excluding hydrogens is 299 g/mol. The van der Waals surface area contributed by atoms with Crippen molar-refractivity contribution in [1.29, 1.82) is 0 Å². The van der Waals surface area contributed by atoms with Gasteiger partial charge in [0.05, 0.1) is 5.52 Å². The Morgan fingerprint density at radius 3 is 2.61 bits per heavy atom. The summed E-state index contributed by atoms with van der Waals surface area (Å²) in [6.07, 6.45) is 4.44. The summed E-state index contributed by atoms with van der Waals surface area (Å²) in [6, 6.07) is 1.46. The van der Waals surface area contributed by atoms with Crippen molar-refractivity contribution in [2.75, 3.05) is 0 Å². The van der Waals surface area contributed by atoms with Crippen LogP contribution in [0.4, 0.5) is 4.39 Å². The summed E-state index contributed by atoms with van der Waals surface area (Å²) in [4.78, 5) is 23.8. The van der Waals surface area contributed by atoms with Crippen molar-refractivity contribution >= 4 is 11.5 Å². The van der Waals surface area contributed by atoms with Crippen molar-refractivity contribution in [2.45, 2.75) is 44.1 Å². The van der Waals surface area contributed by atoms with E-state index in [1.807, 2.05) is 0 Å². The number of hydrogen-bond acceptors (Lipinski definition) is 3. The lowest BCUT2D eigenvalue weighted by atomic mass is 9.95. The van der Waals surface area contributed by atoms with Crippen LogP contribution < -0.4 is 11.3 Å². The molecule has 3 N–H and O–H groups in total. The predicted octanol–water partition coefficient (Wildman–Crippen LogP) is 2.27. The van der Waals surface area contributed by atoms with Crippen molar-refractivity contribution in [3.05, 3.63) is 50.7 Å². The number of carboxylic acids is 1. The van der Waals surface area contributed by atoms with E-state index in [-0.39, 0.29) is 11.5 Å². The molecule has 4 rings (SSSR count). The van der Waals surface area contributed by atoms with Crippen molar-refractivity contribution in [3.8, 4) is 0 Å². The summed E-state index contributed by atoms with van der Waals surface area (Å²) in [7, 11) is 0. The van der Waals surface area contributed by atoms with Crippen LogP contribution in [0.2, 0.25) is 0 Å². The van der Waals surface area contributed by atoms with E-state index in [1.54, 1.807) is 6.92 Å². The molecule has 0 unspecified atom stereocenters. The molecule has 2 aliphatic carbocycles. The van der Waals surface area contributed by atoms with Gasteiger partial charge < -0.3 is 10.8 Å². The molecule has 0 radical (unpaired) electrons. The van der Waals surface area contributed by atoms with Gasteiger partial charge in [0.15, 0.2) is 0 Å². The van der Waals surface area contributed by atoms with Crippen LogP contribution in [0, 0.1) is 12.7 Å². The first kappa shape index (κ1) is 14.4. The summed E-state index contributed by atoms with van der Waals surface area (Å²) in [5, 5.41) is 9.26. The maximum absolute atomic E-state index is 14.6. The highest BCUT2D eigenvalue weighted by atomic mass is 19.1. The van der Waals surface area contributed by atoms with Crippen LogP contribution in [0.25, 0.3) is 5.52 Å². The number of aromatic carboxylic acids is 1. The first-order valence-electron chi connectivity index (χ1n) is 7.74. The maximum atomic E-state index is 14.6. The van der Waals surface area contributed by atoms with Gasteiger partial charge in [-0.1, -0.05) is 0 Å². The molecule has 2 aliphatic rings. The molecule has 0 spiro atoms. The normalized spacial score (nSPS) is 19.1. The number of halogens is 1. The van der Waals surface area contributed by atoms with Gasteiger partial charge >= 0.3 is 5.97 Å². The molecule has 120 valence electrons. The number of aromatic nitrogens is 1. The molecule has 2 heterocycles. The lowest BCUT2D eigenvalue weighted by molar-refractivity contribution is 0.0694. The van der Waals surface area contributed by atoms with Crippen LogP contribution in [0.15, 0.2) is 17.1 Å². The van der Waals surface area contributed by atoms with Crippen molar-refractivity contribution < 1.29 is 14.3 Å². The summed E-state index contributed by atoms with van der Waals surface area (Å²) in [6.45, 7) is 1.77. The Bertz CT molecular complexity index is 924. The Morgan fingerprint density at radius 2 is 2.09 bits per heavy atom. The van der Waals surface area contributed by atoms with Crippen molar-refractivity contribution in [2.24, 2.45) is 5.73 Å². The topological polar surface area (TPSA) is 84.8 Å². The van der Waals surface area contributed by atoms with Crippen molar-refractivity contribution in [1.82, 2.24) is 4.40 Å². The fourth-order valence-electron chi connectivity index (χ4n) is 3.51. The van der Waals surface area contributed by atoms with Gasteiger partial charge in [0.1, 0.15) is 11.4 Å². The molecule has 0 aliphatic heterocycles. The first-order valence-corrected chi connectivity index (χ1v) is 7.74. The van der Waals surface area contributed by atoms with E-state index in [2.05, 4.69) is 0 Å². The zero-order chi connectivity index (χ0) is 16.5. The number of carboxylic acid groups (broad SMARTS) is 1. The summed E-state index contributed by atoms with van der Waals surface area (Å²) < 4.78 is 15.7. The first-order chi connectivity index (χ1) is 10.8. The smallest absolute Gasteiger partial charge is 0.341 e. The van der Waals surface area contributed by atoms with Crippen LogP contribution in [-0.2, 0) is 5.54 Å². The molecule has 0 bridgehead atoms. The molecule has 23 heavy (non-hydrogen) atoms. The van der Waals surface area contributed by atoms with E-state index in [0.29, 0.717) is 16.6 Å². The Kier molecular flexibility index (Phi) is 2.76. The van der Waals surface area contributed by atoms with Crippen LogP contribution in [0.3, 0.4) is 0 Å². The van der Waals surface area contributed by atoms with E-state index in [9.17, 15) is 19.1 Å². The van der Waals surface area contributed by atoms with Crippen molar-refractivity contribution in [3.63, 3.8) is 0 Å². The quantitative estimate of drug-likeness (QED) is 0.909. The van der Waals surface area contributed by atoms with Gasteiger partial charge in [-0.3, -0.25) is 9.20 Å². The van der Waals surface area contributed by atoms with Crippen LogP contribution in [-0.4, -0.2) is 15.5 Å². The highest BCUT2D eigenvalue weighted by Crippen LogP contribution is 2.48. The number of nitrogens with zero attached hydrogens (tertiary/aromatic N) is 1. The number of carbonyl (C=O) groups is 1. The molecule has 6 heteroatoms. The highest BCUT2D eigenvalue weighted by molar-refractivity contribution is 5.88. The second kappa shape index (κ2) is 4.41. The summed E-state index contributed by atoms with van der Waals surface area (Å²) in [5.41, 5.74) is 7.07. The minimum absolute atomic E-state index is 0.230. The molecule has 0 aromatic carbocycles. The highest BCUT2D eigenvalue weighted by Gasteiger charge is 2.44. The molecule has 5 nitrogen and oxygen atoms in total. The van der Waals surface area contributed by atoms with Gasteiger partial charge in [0, 0.05) is 17.3 Å². The fourth-order valence-corrected chi connectivity index (χ4v) is 3.51. The monoisotopic (exact) mass is 316 g/mol. The lowest BCUT2D eigenvalue weighted by Crippen LogP contribution is -2.27. The number of hydrogen-bond donors (Lipinski definition) is 2. The SMILES string of the molecule is Cc1c(C2(N)CC2)c(F)cn2c(=O)c(C(=O)O)cc(C3CC3)c12. The van der Waals surface area contributed by atoms with E-state index < -0.39 is 22.9 Å². The Labute approximate surface area is 131 Å². The second-order valence-electron chi connectivity index (χ2n) is 6.75. The van der Waals surface area contributed by atoms with Gasteiger partial charge in [0.25, 0.3) is 5.56 Å². The minimum atomic E-state index is -1.29. The number of fused-ring (bicyclic) bond motifs is 1. The van der Waals surface area contributed by atoms with E-state index in [0.717, 1.165) is 41.8 Å². The molecule has 2 aromatic heterocycles. The second-order valence-corrected chi connectivity index (χ2v) is 6.75. The molecule has 0 saturated heterocycles. The largest absolute Gasteiger partial charge is 0.477 e. The molecule has 0 atom stereocenters. The maximum Gasteiger partial charge on any atom is 0.341 e. The molecular formula is C17H17FN2O3. The standard InChI is InChI=1S/C17H17FN2O3/c1-8-13(17(19)4-5-17)12(18)7-20-14(8)10(9-2-3-9)6-11(15(20)21)16(22)23/h6-7,9H,2-5,19H2,1H3,(H,22,23). The van der Waals surface area contributed by atoms with Crippen LogP contribution >= 0.6 is 0 Å². The Balaban J connectivity index is 2.14. The molecule has 2 fully saturated rings. The van der Waals surface area contributed by atoms with E-state index in [1.165, 1.54) is 6.07 Å². The average Bonchev–Trinajstić information content (AvgIpc) is 3.36. The fraction of sp³-hybridized carbons (Fsp3) is 0.412. The third kappa shape index (κ3) is 2.01. The Morgan fingerprint density at radius 1 is 1.43 bits per heavy atom. The summed E-state index contributed by atoms with van der Waals surface area (Å²) >= 11 is 0. The molecule has 0 amide bonds.